The molecule has 0 heterocycles. The minimum absolute atomic E-state index is 0.0776. The summed E-state index contributed by atoms with van der Waals surface area (Å²) < 4.78 is 0. The maximum atomic E-state index is 11.5. The van der Waals surface area contributed by atoms with E-state index in [0.717, 1.165) is 25.3 Å². The number of carbonyl (C=O) groups is 1. The Morgan fingerprint density at radius 3 is 2.72 bits per heavy atom. The molecule has 0 aromatic carbocycles. The van der Waals surface area contributed by atoms with E-state index < -0.39 is 0 Å². The number of carbonyl (C=O) groups excluding carboxylic acids is 1. The summed E-state index contributed by atoms with van der Waals surface area (Å²) >= 11 is 0. The molecule has 0 spiro atoms. The van der Waals surface area contributed by atoms with Crippen LogP contribution in [0.3, 0.4) is 0 Å². The Hall–Kier alpha value is -0.770. The molecule has 1 unspecified atom stereocenters. The number of aliphatic hydroxyl groups is 1. The van der Waals surface area contributed by atoms with Crippen molar-refractivity contribution in [3.63, 3.8) is 0 Å². The number of aliphatic hydroxyl groups excluding tert-OH is 1. The highest BCUT2D eigenvalue weighted by atomic mass is 16.3. The highest BCUT2D eigenvalue weighted by molar-refractivity contribution is 5.73. The molecule has 0 aromatic rings. The Bertz CT molecular complexity index is 228. The average molecular weight is 256 g/mol. The lowest BCUT2D eigenvalue weighted by molar-refractivity contribution is 0.233. The highest BCUT2D eigenvalue weighted by Crippen LogP contribution is 2.28. The van der Waals surface area contributed by atoms with Gasteiger partial charge in [0, 0.05) is 19.7 Å². The molecule has 0 bridgehead atoms. The molecule has 1 rings (SSSR count). The van der Waals surface area contributed by atoms with Crippen molar-refractivity contribution in [2.24, 2.45) is 11.8 Å². The maximum absolute atomic E-state index is 11.5. The van der Waals surface area contributed by atoms with E-state index in [4.69, 9.17) is 5.11 Å². The fourth-order valence-corrected chi connectivity index (χ4v) is 2.54. The minimum atomic E-state index is -0.0776. The van der Waals surface area contributed by atoms with Gasteiger partial charge in [0.05, 0.1) is 0 Å². The fraction of sp³-hybridized carbons (Fsp3) is 0.929. The van der Waals surface area contributed by atoms with Crippen LogP contribution in [-0.4, -0.2) is 30.8 Å². The summed E-state index contributed by atoms with van der Waals surface area (Å²) in [6.07, 6.45) is 8.62. The summed E-state index contributed by atoms with van der Waals surface area (Å²) in [5, 5.41) is 14.5. The largest absolute Gasteiger partial charge is 0.396 e. The predicted molar refractivity (Wildman–Crippen MR) is 73.5 cm³/mol. The molecule has 1 fully saturated rings. The standard InChI is InChI=1S/C14H28N2O2/c1-12(8-10-17)11-16-14(18)15-9-4-7-13-5-2-3-6-13/h12-13,17H,2-11H2,1H3,(H2,15,16,18). The number of urea groups is 1. The third-order valence-electron chi connectivity index (χ3n) is 3.78. The molecule has 4 nitrogen and oxygen atoms in total. The van der Waals surface area contributed by atoms with Crippen LogP contribution in [0, 0.1) is 11.8 Å². The van der Waals surface area contributed by atoms with Gasteiger partial charge in [0.1, 0.15) is 0 Å². The highest BCUT2D eigenvalue weighted by Gasteiger charge is 2.14. The van der Waals surface area contributed by atoms with Gasteiger partial charge in [0.15, 0.2) is 0 Å². The van der Waals surface area contributed by atoms with E-state index in [1.165, 1.54) is 32.1 Å². The number of hydrogen-bond acceptors (Lipinski definition) is 2. The van der Waals surface area contributed by atoms with Crippen LogP contribution in [0.5, 0.6) is 0 Å². The van der Waals surface area contributed by atoms with Crippen molar-refractivity contribution >= 4 is 6.03 Å². The van der Waals surface area contributed by atoms with Crippen LogP contribution in [0.2, 0.25) is 0 Å². The Balaban J connectivity index is 1.92. The summed E-state index contributed by atoms with van der Waals surface area (Å²) in [7, 11) is 0. The minimum Gasteiger partial charge on any atom is -0.396 e. The Morgan fingerprint density at radius 2 is 2.06 bits per heavy atom. The summed E-state index contributed by atoms with van der Waals surface area (Å²) in [5.74, 6) is 1.23. The molecule has 3 N–H and O–H groups in total. The molecule has 18 heavy (non-hydrogen) atoms. The van der Waals surface area contributed by atoms with Gasteiger partial charge in [-0.3, -0.25) is 0 Å². The van der Waals surface area contributed by atoms with Gasteiger partial charge in [-0.2, -0.15) is 0 Å². The lowest BCUT2D eigenvalue weighted by Crippen LogP contribution is -2.38. The first-order valence-corrected chi connectivity index (χ1v) is 7.35. The average Bonchev–Trinajstić information content (AvgIpc) is 2.85. The van der Waals surface area contributed by atoms with E-state index in [9.17, 15) is 4.79 Å². The molecule has 1 saturated carbocycles. The molecule has 1 aliphatic carbocycles. The number of nitrogens with one attached hydrogen (secondary N) is 2. The second kappa shape index (κ2) is 9.20. The molecule has 0 saturated heterocycles. The van der Waals surface area contributed by atoms with Gasteiger partial charge in [0.25, 0.3) is 0 Å². The molecule has 4 heteroatoms. The van der Waals surface area contributed by atoms with Crippen LogP contribution < -0.4 is 10.6 Å². The van der Waals surface area contributed by atoms with Crippen molar-refractivity contribution in [2.45, 2.75) is 51.9 Å². The Morgan fingerprint density at radius 1 is 1.33 bits per heavy atom. The quantitative estimate of drug-likeness (QED) is 0.583. The van der Waals surface area contributed by atoms with E-state index in [1.54, 1.807) is 0 Å². The maximum Gasteiger partial charge on any atom is 0.314 e. The van der Waals surface area contributed by atoms with Gasteiger partial charge in [-0.15, -0.1) is 0 Å². The SMILES string of the molecule is CC(CCO)CNC(=O)NCCCC1CCCC1. The second-order valence-electron chi connectivity index (χ2n) is 5.55. The lowest BCUT2D eigenvalue weighted by Gasteiger charge is -2.13. The van der Waals surface area contributed by atoms with Crippen LogP contribution in [0.25, 0.3) is 0 Å². The summed E-state index contributed by atoms with van der Waals surface area (Å²) in [6, 6.07) is -0.0776. The van der Waals surface area contributed by atoms with E-state index in [2.05, 4.69) is 10.6 Å². The van der Waals surface area contributed by atoms with Crippen LogP contribution >= 0.6 is 0 Å². The van der Waals surface area contributed by atoms with Gasteiger partial charge in [-0.1, -0.05) is 32.6 Å². The number of amides is 2. The van der Waals surface area contributed by atoms with Crippen LogP contribution in [-0.2, 0) is 0 Å². The third-order valence-corrected chi connectivity index (χ3v) is 3.78. The van der Waals surface area contributed by atoms with Gasteiger partial charge in [-0.05, 0) is 31.1 Å². The zero-order chi connectivity index (χ0) is 13.2. The molecule has 0 radical (unpaired) electrons. The van der Waals surface area contributed by atoms with Gasteiger partial charge < -0.3 is 15.7 Å². The smallest absolute Gasteiger partial charge is 0.314 e. The van der Waals surface area contributed by atoms with E-state index in [0.29, 0.717) is 12.5 Å². The number of hydrogen-bond donors (Lipinski definition) is 3. The van der Waals surface area contributed by atoms with E-state index in [-0.39, 0.29) is 12.6 Å². The summed E-state index contributed by atoms with van der Waals surface area (Å²) in [4.78, 5) is 11.5. The van der Waals surface area contributed by atoms with E-state index in [1.807, 2.05) is 6.92 Å². The second-order valence-corrected chi connectivity index (χ2v) is 5.55. The fourth-order valence-electron chi connectivity index (χ4n) is 2.54. The Kier molecular flexibility index (Phi) is 7.81. The molecule has 0 aliphatic heterocycles. The normalized spacial score (nSPS) is 17.7. The van der Waals surface area contributed by atoms with Crippen molar-refractivity contribution in [3.8, 4) is 0 Å². The molecule has 0 aromatic heterocycles. The van der Waals surface area contributed by atoms with E-state index >= 15 is 0 Å². The first kappa shape index (κ1) is 15.3. The molecular formula is C14H28N2O2. The van der Waals surface area contributed by atoms with Crippen molar-refractivity contribution in [1.29, 1.82) is 0 Å². The third kappa shape index (κ3) is 6.84. The van der Waals surface area contributed by atoms with Crippen molar-refractivity contribution < 1.29 is 9.90 Å². The summed E-state index contributed by atoms with van der Waals surface area (Å²) in [5.41, 5.74) is 0. The zero-order valence-electron chi connectivity index (χ0n) is 11.6. The van der Waals surface area contributed by atoms with Crippen LogP contribution in [0.15, 0.2) is 0 Å². The molecular weight excluding hydrogens is 228 g/mol. The lowest BCUT2D eigenvalue weighted by atomic mass is 10.0. The van der Waals surface area contributed by atoms with Crippen LogP contribution in [0.1, 0.15) is 51.9 Å². The topological polar surface area (TPSA) is 61.4 Å². The summed E-state index contributed by atoms with van der Waals surface area (Å²) in [6.45, 7) is 3.62. The zero-order valence-corrected chi connectivity index (χ0v) is 11.6. The van der Waals surface area contributed by atoms with Crippen LogP contribution in [0.4, 0.5) is 4.79 Å². The first-order chi connectivity index (χ1) is 8.72. The number of rotatable bonds is 8. The molecule has 1 atom stereocenters. The van der Waals surface area contributed by atoms with Gasteiger partial charge in [-0.25, -0.2) is 4.79 Å². The molecule has 2 amide bonds. The van der Waals surface area contributed by atoms with Gasteiger partial charge in [0.2, 0.25) is 0 Å². The predicted octanol–water partition coefficient (Wildman–Crippen LogP) is 2.27. The molecule has 1 aliphatic rings. The van der Waals surface area contributed by atoms with Crippen molar-refractivity contribution in [2.75, 3.05) is 19.7 Å². The van der Waals surface area contributed by atoms with Gasteiger partial charge >= 0.3 is 6.03 Å². The van der Waals surface area contributed by atoms with Crippen molar-refractivity contribution in [1.82, 2.24) is 10.6 Å². The monoisotopic (exact) mass is 256 g/mol. The van der Waals surface area contributed by atoms with Crippen molar-refractivity contribution in [3.05, 3.63) is 0 Å². The molecule has 106 valence electrons. The Labute approximate surface area is 111 Å². The first-order valence-electron chi connectivity index (χ1n) is 7.35.